The summed E-state index contributed by atoms with van der Waals surface area (Å²) in [5, 5.41) is 3.71. The molecule has 8 heteroatoms. The Kier molecular flexibility index (Phi) is 6.36. The van der Waals surface area contributed by atoms with Crippen molar-refractivity contribution >= 4 is 42.5 Å². The van der Waals surface area contributed by atoms with Crippen molar-refractivity contribution in [1.29, 1.82) is 0 Å². The lowest BCUT2D eigenvalue weighted by Crippen LogP contribution is -2.41. The highest BCUT2D eigenvalue weighted by atomic mass is 35.5. The molecule has 0 radical (unpaired) electrons. The zero-order valence-electron chi connectivity index (χ0n) is 16.0. The van der Waals surface area contributed by atoms with Gasteiger partial charge in [0, 0.05) is 35.2 Å². The largest absolute Gasteiger partial charge is 0.496 e. The van der Waals surface area contributed by atoms with E-state index in [-0.39, 0.29) is 18.3 Å². The van der Waals surface area contributed by atoms with Gasteiger partial charge in [-0.3, -0.25) is 4.79 Å². The van der Waals surface area contributed by atoms with Gasteiger partial charge in [0.05, 0.1) is 11.2 Å². The Hall–Kier alpha value is -0.785. The molecule has 1 aromatic rings. The molecule has 0 aromatic heterocycles. The maximum atomic E-state index is 12.7. The second kappa shape index (κ2) is 7.68. The van der Waals surface area contributed by atoms with Crippen LogP contribution in [0.4, 0.5) is 0 Å². The summed E-state index contributed by atoms with van der Waals surface area (Å²) >= 11 is 6.46. The Morgan fingerprint density at radius 2 is 1.88 bits per heavy atom. The highest BCUT2D eigenvalue weighted by molar-refractivity contribution is 6.65. The lowest BCUT2D eigenvalue weighted by atomic mass is 9.78. The van der Waals surface area contributed by atoms with E-state index >= 15 is 0 Å². The molecule has 26 heavy (non-hydrogen) atoms. The van der Waals surface area contributed by atoms with Gasteiger partial charge in [-0.25, -0.2) is 0 Å². The molecule has 1 N–H and O–H groups in total. The van der Waals surface area contributed by atoms with Crippen LogP contribution in [0.2, 0.25) is 5.02 Å². The summed E-state index contributed by atoms with van der Waals surface area (Å²) in [6, 6.07) is 5.73. The van der Waals surface area contributed by atoms with Gasteiger partial charge in [-0.05, 0) is 53.3 Å². The second-order valence-corrected chi connectivity index (χ2v) is 8.26. The second-order valence-electron chi connectivity index (χ2n) is 7.85. The van der Waals surface area contributed by atoms with Crippen molar-refractivity contribution in [2.45, 2.75) is 51.4 Å². The van der Waals surface area contributed by atoms with Gasteiger partial charge in [0.15, 0.2) is 0 Å². The van der Waals surface area contributed by atoms with Crippen molar-refractivity contribution < 1.29 is 14.1 Å². The topological polar surface area (TPSA) is 50.8 Å². The summed E-state index contributed by atoms with van der Waals surface area (Å²) in [6.45, 7) is 9.51. The van der Waals surface area contributed by atoms with Crippen molar-refractivity contribution in [1.82, 2.24) is 10.2 Å². The molecule has 3 rings (SSSR count). The van der Waals surface area contributed by atoms with E-state index < -0.39 is 18.3 Å². The number of nitrogens with zero attached hydrogens (tertiary/aromatic N) is 1. The van der Waals surface area contributed by atoms with Gasteiger partial charge in [0.1, 0.15) is 0 Å². The molecule has 2 saturated heterocycles. The quantitative estimate of drug-likeness (QED) is 0.792. The molecule has 1 aromatic carbocycles. The van der Waals surface area contributed by atoms with Crippen LogP contribution in [0.5, 0.6) is 0 Å². The molecule has 2 fully saturated rings. The van der Waals surface area contributed by atoms with Crippen molar-refractivity contribution in [2.75, 3.05) is 20.1 Å². The van der Waals surface area contributed by atoms with E-state index in [4.69, 9.17) is 20.9 Å². The molecule has 0 aliphatic carbocycles. The van der Waals surface area contributed by atoms with E-state index in [0.717, 1.165) is 25.0 Å². The molecule has 1 atom stereocenters. The first-order chi connectivity index (χ1) is 11.6. The smallest absolute Gasteiger partial charge is 0.399 e. The molecule has 0 saturated carbocycles. The van der Waals surface area contributed by atoms with E-state index in [1.807, 2.05) is 45.7 Å². The fourth-order valence-corrected chi connectivity index (χ4v) is 3.45. The highest BCUT2D eigenvalue weighted by Crippen LogP contribution is 2.37. The van der Waals surface area contributed by atoms with Crippen LogP contribution in [0.15, 0.2) is 18.2 Å². The Morgan fingerprint density at radius 3 is 2.38 bits per heavy atom. The monoisotopic (exact) mass is 400 g/mol. The number of carbonyl (C=O) groups excluding carboxylic acids is 1. The molecular weight excluding hydrogens is 374 g/mol. The minimum absolute atomic E-state index is 0. The number of likely N-dealkylation sites (N-methyl/N-ethyl adjacent to an activating group) is 1. The first-order valence-electron chi connectivity index (χ1n) is 8.76. The Bertz CT molecular complexity index is 668. The Morgan fingerprint density at radius 1 is 1.27 bits per heavy atom. The molecule has 5 nitrogen and oxygen atoms in total. The molecule has 0 unspecified atom stereocenters. The highest BCUT2D eigenvalue weighted by Gasteiger charge is 2.52. The number of rotatable bonds is 3. The maximum Gasteiger partial charge on any atom is 0.496 e. The van der Waals surface area contributed by atoms with Crippen molar-refractivity contribution in [3.8, 4) is 0 Å². The summed E-state index contributed by atoms with van der Waals surface area (Å²) in [6.07, 6.45) is 0.974. The summed E-state index contributed by atoms with van der Waals surface area (Å²) in [4.78, 5) is 14.5. The Balaban J connectivity index is 0.00000243. The van der Waals surface area contributed by atoms with E-state index in [9.17, 15) is 4.79 Å². The number of amides is 1. The van der Waals surface area contributed by atoms with E-state index in [0.29, 0.717) is 16.6 Å². The normalized spacial score (nSPS) is 23.8. The van der Waals surface area contributed by atoms with E-state index in [1.54, 1.807) is 12.1 Å². The van der Waals surface area contributed by atoms with Crippen LogP contribution in [0.1, 0.15) is 44.5 Å². The predicted octanol–water partition coefficient (Wildman–Crippen LogP) is 2.49. The molecule has 1 amide bonds. The van der Waals surface area contributed by atoms with Crippen LogP contribution < -0.4 is 10.8 Å². The number of carbonyl (C=O) groups is 1. The van der Waals surface area contributed by atoms with Gasteiger partial charge in [-0.2, -0.15) is 0 Å². The van der Waals surface area contributed by atoms with Crippen LogP contribution in [0.3, 0.4) is 0 Å². The lowest BCUT2D eigenvalue weighted by molar-refractivity contribution is 0.00578. The number of hydrogen-bond donors (Lipinski definition) is 1. The third-order valence-electron chi connectivity index (χ3n) is 5.64. The lowest BCUT2D eigenvalue weighted by Gasteiger charge is -2.32. The maximum absolute atomic E-state index is 12.7. The average Bonchev–Trinajstić information content (AvgIpc) is 3.09. The standard InChI is InChI=1S/C18H26BClN2O3.ClH/c1-17(2)18(3,4)25-19(24-17)14-7-6-12(10-15(14)20)16(23)22-9-8-13(11-22)21-5;/h6-7,10,13,21H,8-9,11H2,1-5H3;1H/t13-;/m0./s1. The summed E-state index contributed by atoms with van der Waals surface area (Å²) in [7, 11) is 1.40. The van der Waals surface area contributed by atoms with Crippen LogP contribution in [0.25, 0.3) is 0 Å². The average molecular weight is 401 g/mol. The fourth-order valence-electron chi connectivity index (χ4n) is 3.18. The number of nitrogens with one attached hydrogen (secondary N) is 1. The minimum Gasteiger partial charge on any atom is -0.399 e. The summed E-state index contributed by atoms with van der Waals surface area (Å²) < 4.78 is 12.1. The van der Waals surface area contributed by atoms with Crippen LogP contribution >= 0.6 is 24.0 Å². The summed E-state index contributed by atoms with van der Waals surface area (Å²) in [5.74, 6) is 0.0140. The molecule has 2 aliphatic rings. The minimum atomic E-state index is -0.526. The molecule has 0 spiro atoms. The van der Waals surface area contributed by atoms with Crippen molar-refractivity contribution in [2.24, 2.45) is 0 Å². The fraction of sp³-hybridized carbons (Fsp3) is 0.611. The SMILES string of the molecule is CN[C@H]1CCN(C(=O)c2ccc(B3OC(C)(C)C(C)(C)O3)c(Cl)c2)C1.Cl. The van der Waals surface area contributed by atoms with E-state index in [2.05, 4.69) is 5.32 Å². The number of hydrogen-bond acceptors (Lipinski definition) is 4. The third kappa shape index (κ3) is 3.90. The van der Waals surface area contributed by atoms with Gasteiger partial charge in [0.2, 0.25) is 0 Å². The zero-order valence-corrected chi connectivity index (χ0v) is 17.5. The third-order valence-corrected chi connectivity index (χ3v) is 5.97. The summed E-state index contributed by atoms with van der Waals surface area (Å²) in [5.41, 5.74) is 0.508. The molecule has 0 bridgehead atoms. The first-order valence-corrected chi connectivity index (χ1v) is 9.14. The molecular formula is C18H27BCl2N2O3. The molecule has 144 valence electrons. The first kappa shape index (κ1) is 21.5. The van der Waals surface area contributed by atoms with Crippen LogP contribution in [-0.4, -0.2) is 55.3 Å². The van der Waals surface area contributed by atoms with Gasteiger partial charge in [-0.15, -0.1) is 12.4 Å². The molecule has 2 aliphatic heterocycles. The van der Waals surface area contributed by atoms with Gasteiger partial charge in [0.25, 0.3) is 5.91 Å². The van der Waals surface area contributed by atoms with Gasteiger partial charge in [-0.1, -0.05) is 17.7 Å². The zero-order chi connectivity index (χ0) is 18.4. The number of halogens is 2. The van der Waals surface area contributed by atoms with E-state index in [1.165, 1.54) is 0 Å². The Labute approximate surface area is 167 Å². The number of likely N-dealkylation sites (tertiary alicyclic amines) is 1. The van der Waals surface area contributed by atoms with Crippen molar-refractivity contribution in [3.05, 3.63) is 28.8 Å². The van der Waals surface area contributed by atoms with Gasteiger partial charge < -0.3 is 19.5 Å². The van der Waals surface area contributed by atoms with Crippen molar-refractivity contribution in [3.63, 3.8) is 0 Å². The predicted molar refractivity (Wildman–Crippen MR) is 108 cm³/mol. The van der Waals surface area contributed by atoms with Crippen LogP contribution in [-0.2, 0) is 9.31 Å². The van der Waals surface area contributed by atoms with Crippen LogP contribution in [0, 0.1) is 0 Å². The molecule has 2 heterocycles. The van der Waals surface area contributed by atoms with Gasteiger partial charge >= 0.3 is 7.12 Å². The number of benzene rings is 1.